The molecule has 0 saturated heterocycles. The molecule has 0 aliphatic carbocycles. The number of halogens is 1. The molecule has 2 rings (SSSR count). The summed E-state index contributed by atoms with van der Waals surface area (Å²) in [5, 5.41) is 6.20. The lowest BCUT2D eigenvalue weighted by Crippen LogP contribution is -2.39. The number of amides is 2. The first kappa shape index (κ1) is 16.7. The molecule has 0 aliphatic heterocycles. The maximum absolute atomic E-state index is 13.8. The Morgan fingerprint density at radius 1 is 1.35 bits per heavy atom. The number of benzene rings is 1. The zero-order valence-electron chi connectivity index (χ0n) is 13.0. The van der Waals surface area contributed by atoms with Crippen LogP contribution in [0.1, 0.15) is 29.5 Å². The topological polar surface area (TPSA) is 75.4 Å². The van der Waals surface area contributed by atoms with Crippen molar-refractivity contribution in [3.63, 3.8) is 0 Å². The van der Waals surface area contributed by atoms with Gasteiger partial charge in [-0.15, -0.1) is 0 Å². The minimum Gasteiger partial charge on any atom is -0.360 e. The SMILES string of the molecule is CCCN(CC(=O)Nc1cc(C)on1)C(=O)c1ccccc1F. The molecule has 23 heavy (non-hydrogen) atoms. The van der Waals surface area contributed by atoms with Crippen LogP contribution in [0.5, 0.6) is 0 Å². The van der Waals surface area contributed by atoms with Gasteiger partial charge in [-0.25, -0.2) is 4.39 Å². The number of hydrogen-bond acceptors (Lipinski definition) is 4. The van der Waals surface area contributed by atoms with E-state index >= 15 is 0 Å². The fraction of sp³-hybridized carbons (Fsp3) is 0.312. The smallest absolute Gasteiger partial charge is 0.257 e. The minimum absolute atomic E-state index is 0.0500. The van der Waals surface area contributed by atoms with Gasteiger partial charge in [0.15, 0.2) is 5.82 Å². The Balaban J connectivity index is 2.07. The van der Waals surface area contributed by atoms with E-state index in [1.54, 1.807) is 19.1 Å². The van der Waals surface area contributed by atoms with Gasteiger partial charge in [0, 0.05) is 12.6 Å². The fourth-order valence-electron chi connectivity index (χ4n) is 2.11. The van der Waals surface area contributed by atoms with Crippen LogP contribution < -0.4 is 5.32 Å². The Bertz CT molecular complexity index is 699. The average molecular weight is 319 g/mol. The highest BCUT2D eigenvalue weighted by Gasteiger charge is 2.21. The third-order valence-corrected chi connectivity index (χ3v) is 3.11. The molecule has 0 spiro atoms. The standard InChI is InChI=1S/C16H18FN3O3/c1-3-8-20(16(22)12-6-4-5-7-13(12)17)10-15(21)18-14-9-11(2)23-19-14/h4-7,9H,3,8,10H2,1-2H3,(H,18,19,21). The molecule has 0 radical (unpaired) electrons. The highest BCUT2D eigenvalue weighted by Crippen LogP contribution is 2.11. The van der Waals surface area contributed by atoms with Crippen LogP contribution in [0.15, 0.2) is 34.9 Å². The van der Waals surface area contributed by atoms with E-state index in [1.807, 2.05) is 6.92 Å². The van der Waals surface area contributed by atoms with E-state index in [-0.39, 0.29) is 17.9 Å². The van der Waals surface area contributed by atoms with Crippen molar-refractivity contribution in [1.29, 1.82) is 0 Å². The summed E-state index contributed by atoms with van der Waals surface area (Å²) >= 11 is 0. The number of nitrogens with one attached hydrogen (secondary N) is 1. The molecular formula is C16H18FN3O3. The summed E-state index contributed by atoms with van der Waals surface area (Å²) < 4.78 is 18.6. The number of nitrogens with zero attached hydrogens (tertiary/aromatic N) is 2. The lowest BCUT2D eigenvalue weighted by Gasteiger charge is -2.21. The van der Waals surface area contributed by atoms with Crippen LogP contribution in [-0.2, 0) is 4.79 Å². The zero-order chi connectivity index (χ0) is 16.8. The van der Waals surface area contributed by atoms with Crippen LogP contribution in [-0.4, -0.2) is 35.0 Å². The van der Waals surface area contributed by atoms with Gasteiger partial charge in [0.05, 0.1) is 5.56 Å². The van der Waals surface area contributed by atoms with Crippen LogP contribution in [0.3, 0.4) is 0 Å². The lowest BCUT2D eigenvalue weighted by molar-refractivity contribution is -0.116. The molecule has 1 heterocycles. The molecule has 2 aromatic rings. The van der Waals surface area contributed by atoms with Crippen LogP contribution in [0, 0.1) is 12.7 Å². The fourth-order valence-corrected chi connectivity index (χ4v) is 2.11. The summed E-state index contributed by atoms with van der Waals surface area (Å²) in [6.45, 7) is 3.74. The lowest BCUT2D eigenvalue weighted by atomic mass is 10.2. The molecular weight excluding hydrogens is 301 g/mol. The normalized spacial score (nSPS) is 10.4. The quantitative estimate of drug-likeness (QED) is 0.888. The van der Waals surface area contributed by atoms with E-state index in [2.05, 4.69) is 10.5 Å². The molecule has 0 saturated carbocycles. The van der Waals surface area contributed by atoms with Gasteiger partial charge in [0.1, 0.15) is 18.1 Å². The van der Waals surface area contributed by atoms with Crippen molar-refractivity contribution >= 4 is 17.6 Å². The first-order chi connectivity index (χ1) is 11.0. The number of aromatic nitrogens is 1. The predicted octanol–water partition coefficient (Wildman–Crippen LogP) is 2.61. The first-order valence-corrected chi connectivity index (χ1v) is 7.28. The van der Waals surface area contributed by atoms with E-state index in [0.29, 0.717) is 18.7 Å². The molecule has 0 bridgehead atoms. The van der Waals surface area contributed by atoms with Gasteiger partial charge in [0.2, 0.25) is 5.91 Å². The van der Waals surface area contributed by atoms with Crippen LogP contribution in [0.2, 0.25) is 0 Å². The number of anilines is 1. The summed E-state index contributed by atoms with van der Waals surface area (Å²) in [5.41, 5.74) is -0.0500. The number of rotatable bonds is 6. The average Bonchev–Trinajstić information content (AvgIpc) is 2.91. The molecule has 2 amide bonds. The predicted molar refractivity (Wildman–Crippen MR) is 82.5 cm³/mol. The third-order valence-electron chi connectivity index (χ3n) is 3.11. The highest BCUT2D eigenvalue weighted by molar-refractivity contribution is 5.99. The van der Waals surface area contributed by atoms with Gasteiger partial charge in [-0.3, -0.25) is 9.59 Å². The molecule has 1 aromatic carbocycles. The van der Waals surface area contributed by atoms with Gasteiger partial charge in [-0.05, 0) is 25.5 Å². The number of carbonyl (C=O) groups excluding carboxylic acids is 2. The maximum Gasteiger partial charge on any atom is 0.257 e. The maximum atomic E-state index is 13.8. The van der Waals surface area contributed by atoms with Crippen LogP contribution in [0.4, 0.5) is 10.2 Å². The summed E-state index contributed by atoms with van der Waals surface area (Å²) in [6.07, 6.45) is 0.649. The van der Waals surface area contributed by atoms with Crippen LogP contribution >= 0.6 is 0 Å². The molecule has 6 nitrogen and oxygen atoms in total. The van der Waals surface area contributed by atoms with Gasteiger partial charge in [0.25, 0.3) is 5.91 Å². The Labute approximate surface area is 133 Å². The van der Waals surface area contributed by atoms with Crippen molar-refractivity contribution in [2.24, 2.45) is 0 Å². The summed E-state index contributed by atoms with van der Waals surface area (Å²) in [5.74, 6) is -0.700. The molecule has 0 atom stereocenters. The monoisotopic (exact) mass is 319 g/mol. The summed E-state index contributed by atoms with van der Waals surface area (Å²) in [4.78, 5) is 25.8. The van der Waals surface area contributed by atoms with Crippen molar-refractivity contribution in [2.75, 3.05) is 18.4 Å². The molecule has 0 fully saturated rings. The Morgan fingerprint density at radius 2 is 2.09 bits per heavy atom. The van der Waals surface area contributed by atoms with Gasteiger partial charge in [-0.2, -0.15) is 0 Å². The van der Waals surface area contributed by atoms with Crippen molar-refractivity contribution in [3.8, 4) is 0 Å². The van der Waals surface area contributed by atoms with Crippen molar-refractivity contribution in [3.05, 3.63) is 47.5 Å². The second kappa shape index (κ2) is 7.53. The zero-order valence-corrected chi connectivity index (χ0v) is 13.0. The number of carbonyl (C=O) groups is 2. The Morgan fingerprint density at radius 3 is 2.70 bits per heavy atom. The first-order valence-electron chi connectivity index (χ1n) is 7.28. The van der Waals surface area contributed by atoms with Gasteiger partial charge < -0.3 is 14.7 Å². The second-order valence-electron chi connectivity index (χ2n) is 5.08. The van der Waals surface area contributed by atoms with E-state index in [0.717, 1.165) is 0 Å². The Hall–Kier alpha value is -2.70. The molecule has 0 unspecified atom stereocenters. The molecule has 0 aliphatic rings. The molecule has 1 N–H and O–H groups in total. The summed E-state index contributed by atoms with van der Waals surface area (Å²) in [7, 11) is 0. The van der Waals surface area contributed by atoms with Gasteiger partial charge in [-0.1, -0.05) is 24.2 Å². The van der Waals surface area contributed by atoms with E-state index < -0.39 is 17.6 Å². The highest BCUT2D eigenvalue weighted by atomic mass is 19.1. The number of hydrogen-bond donors (Lipinski definition) is 1. The third kappa shape index (κ3) is 4.38. The van der Waals surface area contributed by atoms with E-state index in [1.165, 1.54) is 23.1 Å². The second-order valence-corrected chi connectivity index (χ2v) is 5.08. The molecule has 1 aromatic heterocycles. The number of aryl methyl sites for hydroxylation is 1. The molecule has 7 heteroatoms. The Kier molecular flexibility index (Phi) is 5.46. The molecule has 122 valence electrons. The summed E-state index contributed by atoms with van der Waals surface area (Å²) in [6, 6.07) is 7.28. The van der Waals surface area contributed by atoms with Gasteiger partial charge >= 0.3 is 0 Å². The van der Waals surface area contributed by atoms with Crippen molar-refractivity contribution < 1.29 is 18.5 Å². The minimum atomic E-state index is -0.605. The van der Waals surface area contributed by atoms with Crippen LogP contribution in [0.25, 0.3) is 0 Å². The van der Waals surface area contributed by atoms with E-state index in [9.17, 15) is 14.0 Å². The van der Waals surface area contributed by atoms with Crippen molar-refractivity contribution in [2.45, 2.75) is 20.3 Å². The van der Waals surface area contributed by atoms with Crippen molar-refractivity contribution in [1.82, 2.24) is 10.1 Å². The van der Waals surface area contributed by atoms with E-state index in [4.69, 9.17) is 4.52 Å². The largest absolute Gasteiger partial charge is 0.360 e.